The maximum atomic E-state index is 11.2. The van der Waals surface area contributed by atoms with Crippen molar-refractivity contribution in [3.63, 3.8) is 0 Å². The summed E-state index contributed by atoms with van der Waals surface area (Å²) in [6.45, 7) is 2.38. The van der Waals surface area contributed by atoms with Crippen molar-refractivity contribution in [1.29, 1.82) is 0 Å². The van der Waals surface area contributed by atoms with Crippen LogP contribution in [0, 0.1) is 6.92 Å². The molecule has 14 heavy (non-hydrogen) atoms. The third-order valence-electron chi connectivity index (χ3n) is 1.71. The van der Waals surface area contributed by atoms with Gasteiger partial charge in [0, 0.05) is 13.3 Å². The fourth-order valence-electron chi connectivity index (χ4n) is 0.942. The molecule has 0 saturated heterocycles. The molecule has 1 aromatic heterocycles. The van der Waals surface area contributed by atoms with Crippen molar-refractivity contribution >= 4 is 11.7 Å². The van der Waals surface area contributed by atoms with Crippen LogP contribution in [0.15, 0.2) is 18.3 Å². The van der Waals surface area contributed by atoms with Gasteiger partial charge in [-0.05, 0) is 18.6 Å². The molecule has 0 saturated carbocycles. The quantitative estimate of drug-likeness (QED) is 0.787. The Morgan fingerprint density at radius 2 is 2.36 bits per heavy atom. The molecule has 0 aromatic carbocycles. The summed E-state index contributed by atoms with van der Waals surface area (Å²) in [6.07, 6.45) is 2.07. The van der Waals surface area contributed by atoms with Gasteiger partial charge in [0.15, 0.2) is 0 Å². The number of carbonyl (C=O) groups excluding carboxylic acids is 1. The Morgan fingerprint density at radius 1 is 1.57 bits per heavy atom. The van der Waals surface area contributed by atoms with Crippen LogP contribution in [-0.4, -0.2) is 24.6 Å². The van der Waals surface area contributed by atoms with Crippen molar-refractivity contribution in [2.24, 2.45) is 0 Å². The molecule has 4 nitrogen and oxygen atoms in total. The summed E-state index contributed by atoms with van der Waals surface area (Å²) in [5.41, 5.74) is 1.07. The van der Waals surface area contributed by atoms with Crippen LogP contribution in [0.4, 0.5) is 5.82 Å². The van der Waals surface area contributed by atoms with Crippen LogP contribution in [0.25, 0.3) is 0 Å². The van der Waals surface area contributed by atoms with E-state index in [-0.39, 0.29) is 5.91 Å². The van der Waals surface area contributed by atoms with Crippen LogP contribution in [0.2, 0.25) is 0 Å². The molecule has 1 amide bonds. The van der Waals surface area contributed by atoms with E-state index in [0.29, 0.717) is 18.8 Å². The average molecular weight is 194 g/mol. The average Bonchev–Trinajstić information content (AvgIpc) is 2.18. The fraction of sp³-hybridized carbons (Fsp3) is 0.400. The number of methoxy groups -OCH3 is 1. The van der Waals surface area contributed by atoms with E-state index in [1.807, 2.05) is 13.0 Å². The predicted molar refractivity (Wildman–Crippen MR) is 54.1 cm³/mol. The molecule has 0 radical (unpaired) electrons. The molecule has 0 atom stereocenters. The van der Waals surface area contributed by atoms with Crippen molar-refractivity contribution in [2.75, 3.05) is 19.0 Å². The zero-order chi connectivity index (χ0) is 10.4. The highest BCUT2D eigenvalue weighted by atomic mass is 16.5. The van der Waals surface area contributed by atoms with E-state index in [4.69, 9.17) is 4.74 Å². The van der Waals surface area contributed by atoms with Crippen LogP contribution in [0.3, 0.4) is 0 Å². The number of pyridine rings is 1. The van der Waals surface area contributed by atoms with Crippen LogP contribution >= 0.6 is 0 Å². The highest BCUT2D eigenvalue weighted by molar-refractivity contribution is 5.89. The summed E-state index contributed by atoms with van der Waals surface area (Å²) in [4.78, 5) is 15.3. The van der Waals surface area contributed by atoms with Gasteiger partial charge in [-0.3, -0.25) is 4.79 Å². The smallest absolute Gasteiger partial charge is 0.227 e. The topological polar surface area (TPSA) is 51.2 Å². The van der Waals surface area contributed by atoms with Gasteiger partial charge in [-0.15, -0.1) is 0 Å². The first-order valence-corrected chi connectivity index (χ1v) is 4.44. The van der Waals surface area contributed by atoms with Crippen molar-refractivity contribution in [1.82, 2.24) is 4.98 Å². The van der Waals surface area contributed by atoms with Crippen molar-refractivity contribution in [2.45, 2.75) is 13.3 Å². The number of nitrogens with one attached hydrogen (secondary N) is 1. The van der Waals surface area contributed by atoms with E-state index < -0.39 is 0 Å². The monoisotopic (exact) mass is 194 g/mol. The van der Waals surface area contributed by atoms with Gasteiger partial charge in [-0.1, -0.05) is 6.07 Å². The number of nitrogens with zero attached hydrogens (tertiary/aromatic N) is 1. The van der Waals surface area contributed by atoms with Crippen LogP contribution in [0.1, 0.15) is 12.0 Å². The summed E-state index contributed by atoms with van der Waals surface area (Å²) in [6, 6.07) is 3.68. The Morgan fingerprint density at radius 3 is 2.93 bits per heavy atom. The molecular weight excluding hydrogens is 180 g/mol. The van der Waals surface area contributed by atoms with E-state index >= 15 is 0 Å². The maximum Gasteiger partial charge on any atom is 0.227 e. The normalized spacial score (nSPS) is 9.86. The van der Waals surface area contributed by atoms with Gasteiger partial charge in [0.2, 0.25) is 5.91 Å². The largest absolute Gasteiger partial charge is 0.384 e. The minimum atomic E-state index is -0.0804. The third kappa shape index (κ3) is 3.53. The second-order valence-electron chi connectivity index (χ2n) is 3.01. The van der Waals surface area contributed by atoms with Gasteiger partial charge in [0.25, 0.3) is 0 Å². The number of hydrogen-bond acceptors (Lipinski definition) is 3. The molecule has 1 heterocycles. The SMILES string of the molecule is COCCC(=O)Nc1ccc(C)cn1. The Kier molecular flexibility index (Phi) is 4.07. The molecular formula is C10H14N2O2. The number of aryl methyl sites for hydroxylation is 1. The van der Waals surface area contributed by atoms with Gasteiger partial charge in [-0.25, -0.2) is 4.98 Å². The first-order chi connectivity index (χ1) is 6.72. The molecule has 1 N–H and O–H groups in total. The minimum Gasteiger partial charge on any atom is -0.384 e. The zero-order valence-electron chi connectivity index (χ0n) is 8.41. The molecule has 76 valence electrons. The first kappa shape index (κ1) is 10.7. The molecule has 0 aliphatic rings. The number of hydrogen-bond donors (Lipinski definition) is 1. The lowest BCUT2D eigenvalue weighted by atomic mass is 10.3. The molecule has 0 bridgehead atoms. The summed E-state index contributed by atoms with van der Waals surface area (Å²) < 4.78 is 4.79. The van der Waals surface area contributed by atoms with Gasteiger partial charge in [0.05, 0.1) is 13.0 Å². The second kappa shape index (κ2) is 5.34. The summed E-state index contributed by atoms with van der Waals surface area (Å²) in [7, 11) is 1.57. The summed E-state index contributed by atoms with van der Waals surface area (Å²) >= 11 is 0. The van der Waals surface area contributed by atoms with Crippen molar-refractivity contribution < 1.29 is 9.53 Å². The van der Waals surface area contributed by atoms with E-state index in [2.05, 4.69) is 10.3 Å². The highest BCUT2D eigenvalue weighted by Crippen LogP contribution is 2.03. The minimum absolute atomic E-state index is 0.0804. The molecule has 0 aliphatic heterocycles. The van der Waals surface area contributed by atoms with Gasteiger partial charge in [0.1, 0.15) is 5.82 Å². The van der Waals surface area contributed by atoms with E-state index in [1.165, 1.54) is 0 Å². The number of carbonyl (C=O) groups is 1. The van der Waals surface area contributed by atoms with E-state index in [0.717, 1.165) is 5.56 Å². The molecule has 0 unspecified atom stereocenters. The summed E-state index contributed by atoms with van der Waals surface area (Å²) in [5.74, 6) is 0.500. The van der Waals surface area contributed by atoms with Gasteiger partial charge >= 0.3 is 0 Å². The van der Waals surface area contributed by atoms with E-state index in [1.54, 1.807) is 19.4 Å². The van der Waals surface area contributed by atoms with Crippen LogP contribution in [-0.2, 0) is 9.53 Å². The highest BCUT2D eigenvalue weighted by Gasteiger charge is 2.01. The lowest BCUT2D eigenvalue weighted by Crippen LogP contribution is -2.14. The number of ether oxygens (including phenoxy) is 1. The number of aromatic nitrogens is 1. The summed E-state index contributed by atoms with van der Waals surface area (Å²) in [5, 5.41) is 2.67. The lowest BCUT2D eigenvalue weighted by molar-refractivity contribution is -0.117. The number of rotatable bonds is 4. The lowest BCUT2D eigenvalue weighted by Gasteiger charge is -2.03. The molecule has 0 fully saturated rings. The van der Waals surface area contributed by atoms with Gasteiger partial charge < -0.3 is 10.1 Å². The molecule has 1 aromatic rings. The Balaban J connectivity index is 2.44. The van der Waals surface area contributed by atoms with Crippen molar-refractivity contribution in [3.8, 4) is 0 Å². The molecule has 1 rings (SSSR count). The number of amides is 1. The zero-order valence-corrected chi connectivity index (χ0v) is 8.41. The predicted octanol–water partition coefficient (Wildman–Crippen LogP) is 1.37. The standard InChI is InChI=1S/C10H14N2O2/c1-8-3-4-9(11-7-8)12-10(13)5-6-14-2/h3-4,7H,5-6H2,1-2H3,(H,11,12,13). The third-order valence-corrected chi connectivity index (χ3v) is 1.71. The molecule has 0 spiro atoms. The van der Waals surface area contributed by atoms with Gasteiger partial charge in [-0.2, -0.15) is 0 Å². The molecule has 4 heteroatoms. The second-order valence-corrected chi connectivity index (χ2v) is 3.01. The number of anilines is 1. The first-order valence-electron chi connectivity index (χ1n) is 4.44. The Labute approximate surface area is 83.3 Å². The van der Waals surface area contributed by atoms with Crippen LogP contribution in [0.5, 0.6) is 0 Å². The molecule has 0 aliphatic carbocycles. The Bertz CT molecular complexity index is 295. The van der Waals surface area contributed by atoms with Crippen molar-refractivity contribution in [3.05, 3.63) is 23.9 Å². The van der Waals surface area contributed by atoms with Crippen LogP contribution < -0.4 is 5.32 Å². The fourth-order valence-corrected chi connectivity index (χ4v) is 0.942. The van der Waals surface area contributed by atoms with E-state index in [9.17, 15) is 4.79 Å². The Hall–Kier alpha value is -1.42. The maximum absolute atomic E-state index is 11.2.